The van der Waals surface area contributed by atoms with Gasteiger partial charge in [0, 0.05) is 50.7 Å². The van der Waals surface area contributed by atoms with Gasteiger partial charge in [0.15, 0.2) is 5.96 Å². The molecule has 1 saturated heterocycles. The van der Waals surface area contributed by atoms with E-state index in [1.165, 1.54) is 15.4 Å². The van der Waals surface area contributed by atoms with Crippen molar-refractivity contribution in [1.82, 2.24) is 24.6 Å². The molecule has 1 atom stereocenters. The van der Waals surface area contributed by atoms with Gasteiger partial charge < -0.3 is 19.6 Å². The van der Waals surface area contributed by atoms with Crippen molar-refractivity contribution in [1.29, 1.82) is 0 Å². The average molecular weight is 569 g/mol. The molecular formula is C18H29IN6O3S2. The fourth-order valence-corrected chi connectivity index (χ4v) is 5.65. The Morgan fingerprint density at radius 3 is 2.60 bits per heavy atom. The number of nitrogens with one attached hydrogen (secondary N) is 1. The van der Waals surface area contributed by atoms with E-state index in [0.29, 0.717) is 31.9 Å². The third-order valence-corrected chi connectivity index (χ3v) is 7.70. The van der Waals surface area contributed by atoms with Gasteiger partial charge in [-0.15, -0.1) is 35.3 Å². The molecule has 0 bridgehead atoms. The summed E-state index contributed by atoms with van der Waals surface area (Å²) >= 11 is 1.74. The molecule has 0 radical (unpaired) electrons. The molecular weight excluding hydrogens is 539 g/mol. The van der Waals surface area contributed by atoms with Crippen LogP contribution in [0.4, 0.5) is 0 Å². The third kappa shape index (κ3) is 6.39. The van der Waals surface area contributed by atoms with Gasteiger partial charge in [0.2, 0.25) is 10.0 Å². The van der Waals surface area contributed by atoms with Crippen LogP contribution in [-0.2, 0) is 15.8 Å². The maximum Gasteiger partial charge on any atom is 0.220 e. The van der Waals surface area contributed by atoms with E-state index in [1.807, 2.05) is 0 Å². The molecule has 1 aliphatic rings. The largest absolute Gasteiger partial charge is 0.364 e. The summed E-state index contributed by atoms with van der Waals surface area (Å²) in [7, 11) is 2.47. The Labute approximate surface area is 199 Å². The molecule has 0 aliphatic carbocycles. The quantitative estimate of drug-likeness (QED) is 0.309. The van der Waals surface area contributed by atoms with Crippen LogP contribution in [0.5, 0.6) is 0 Å². The summed E-state index contributed by atoms with van der Waals surface area (Å²) < 4.78 is 31.4. The van der Waals surface area contributed by atoms with Crippen molar-refractivity contribution in [3.8, 4) is 0 Å². The number of likely N-dealkylation sites (N-methyl/N-ethyl adjacent to an activating group) is 1. The summed E-state index contributed by atoms with van der Waals surface area (Å²) in [6.07, 6.45) is 1.38. The van der Waals surface area contributed by atoms with Crippen LogP contribution in [-0.4, -0.2) is 87.5 Å². The third-order valence-electron chi connectivity index (χ3n) is 4.91. The summed E-state index contributed by atoms with van der Waals surface area (Å²) in [6, 6.07) is 6.02. The minimum atomic E-state index is -3.41. The van der Waals surface area contributed by atoms with Gasteiger partial charge in [-0.25, -0.2) is 8.42 Å². The Kier molecular flexibility index (Phi) is 9.53. The summed E-state index contributed by atoms with van der Waals surface area (Å²) in [5.74, 6) is 0.656. The fraction of sp³-hybridized carbons (Fsp3) is 0.556. The van der Waals surface area contributed by atoms with E-state index in [9.17, 15) is 8.42 Å². The van der Waals surface area contributed by atoms with Crippen molar-refractivity contribution in [3.05, 3.63) is 40.4 Å². The monoisotopic (exact) mass is 568 g/mol. The number of hydrogen-bond acceptors (Lipinski definition) is 7. The van der Waals surface area contributed by atoms with Crippen molar-refractivity contribution >= 4 is 51.3 Å². The lowest BCUT2D eigenvalue weighted by Gasteiger charge is -2.36. The molecule has 9 nitrogen and oxygen atoms in total. The van der Waals surface area contributed by atoms with E-state index in [-0.39, 0.29) is 35.8 Å². The Morgan fingerprint density at radius 2 is 2.07 bits per heavy atom. The van der Waals surface area contributed by atoms with Crippen molar-refractivity contribution in [3.63, 3.8) is 0 Å². The molecule has 30 heavy (non-hydrogen) atoms. The summed E-state index contributed by atoms with van der Waals surface area (Å²) in [5, 5.41) is 9.24. The predicted molar refractivity (Wildman–Crippen MR) is 130 cm³/mol. The molecule has 1 unspecified atom stereocenters. The molecule has 3 heterocycles. The van der Waals surface area contributed by atoms with Crippen molar-refractivity contribution in [2.75, 3.05) is 53.9 Å². The molecule has 0 spiro atoms. The maximum atomic E-state index is 12.6. The molecule has 0 aromatic carbocycles. The zero-order valence-electron chi connectivity index (χ0n) is 17.4. The lowest BCUT2D eigenvalue weighted by atomic mass is 10.2. The number of halogens is 1. The van der Waals surface area contributed by atoms with Crippen LogP contribution in [0, 0.1) is 0 Å². The Morgan fingerprint density at radius 1 is 1.33 bits per heavy atom. The van der Waals surface area contributed by atoms with E-state index in [4.69, 9.17) is 4.52 Å². The number of thiophene rings is 1. The first-order valence-corrected chi connectivity index (χ1v) is 11.9. The van der Waals surface area contributed by atoms with E-state index in [1.54, 1.807) is 24.5 Å². The van der Waals surface area contributed by atoms with Gasteiger partial charge in [0.05, 0.1) is 11.7 Å². The second kappa shape index (κ2) is 11.4. The molecule has 168 valence electrons. The number of piperazine rings is 1. The van der Waals surface area contributed by atoms with Crippen molar-refractivity contribution < 1.29 is 12.9 Å². The number of hydrogen-bond donors (Lipinski definition) is 1. The number of sulfonamides is 1. The first-order chi connectivity index (χ1) is 13.9. The van der Waals surface area contributed by atoms with Gasteiger partial charge in [-0.1, -0.05) is 11.2 Å². The molecule has 0 saturated carbocycles. The molecule has 1 aliphatic heterocycles. The Hall–Kier alpha value is -1.22. The molecule has 0 amide bonds. The zero-order valence-corrected chi connectivity index (χ0v) is 21.4. The first-order valence-electron chi connectivity index (χ1n) is 9.43. The fourth-order valence-electron chi connectivity index (χ4n) is 3.31. The van der Waals surface area contributed by atoms with Crippen molar-refractivity contribution in [2.45, 2.75) is 11.8 Å². The van der Waals surface area contributed by atoms with Gasteiger partial charge in [0.25, 0.3) is 0 Å². The van der Waals surface area contributed by atoms with Crippen LogP contribution < -0.4 is 5.32 Å². The highest BCUT2D eigenvalue weighted by molar-refractivity contribution is 14.0. The molecule has 2 aromatic rings. The highest BCUT2D eigenvalue weighted by atomic mass is 127. The van der Waals surface area contributed by atoms with Crippen LogP contribution in [0.1, 0.15) is 16.6 Å². The van der Waals surface area contributed by atoms with Crippen LogP contribution in [0.3, 0.4) is 0 Å². The number of nitrogens with zero attached hydrogens (tertiary/aromatic N) is 5. The Balaban J connectivity index is 0.00000320. The van der Waals surface area contributed by atoms with Gasteiger partial charge >= 0.3 is 0 Å². The number of aliphatic imine (C=N–C) groups is 1. The molecule has 1 N–H and O–H groups in total. The predicted octanol–water partition coefficient (Wildman–Crippen LogP) is 1.68. The molecule has 3 rings (SSSR count). The molecule has 1 fully saturated rings. The van der Waals surface area contributed by atoms with Crippen LogP contribution in [0.2, 0.25) is 0 Å². The van der Waals surface area contributed by atoms with Crippen LogP contribution in [0.25, 0.3) is 0 Å². The topological polar surface area (TPSA) is 94.3 Å². The van der Waals surface area contributed by atoms with Crippen LogP contribution in [0.15, 0.2) is 39.4 Å². The van der Waals surface area contributed by atoms with Gasteiger partial charge in [-0.05, 0) is 25.5 Å². The van der Waals surface area contributed by atoms with Crippen LogP contribution >= 0.6 is 35.3 Å². The molecule has 2 aromatic heterocycles. The summed E-state index contributed by atoms with van der Waals surface area (Å²) in [6.45, 7) is 2.74. The first kappa shape index (κ1) is 25.0. The smallest absolute Gasteiger partial charge is 0.220 e. The normalized spacial score (nSPS) is 17.1. The minimum absolute atomic E-state index is 0. The standard InChI is InChI=1S/C18H28N6O3S2.HI/c1-19-18(20-13-16(22(2)3)17-5-4-12-28-17)23-7-9-24(10-8-23)29(25,26)14-15-6-11-27-21-15;/h4-6,11-12,16H,7-10,13-14H2,1-3H3,(H,19,20);1H. The van der Waals surface area contributed by atoms with Gasteiger partial charge in [-0.3, -0.25) is 4.99 Å². The highest BCUT2D eigenvalue weighted by Crippen LogP contribution is 2.22. The molecule has 12 heteroatoms. The number of aromatic nitrogens is 1. The minimum Gasteiger partial charge on any atom is -0.364 e. The van der Waals surface area contributed by atoms with E-state index < -0.39 is 10.0 Å². The average Bonchev–Trinajstić information content (AvgIpc) is 3.39. The van der Waals surface area contributed by atoms with Crippen molar-refractivity contribution in [2.24, 2.45) is 4.99 Å². The second-order valence-corrected chi connectivity index (χ2v) is 10.0. The summed E-state index contributed by atoms with van der Waals surface area (Å²) in [5.41, 5.74) is 0.424. The van der Waals surface area contributed by atoms with E-state index in [2.05, 4.69) is 56.9 Å². The van der Waals surface area contributed by atoms with E-state index >= 15 is 0 Å². The number of rotatable bonds is 7. The number of guanidine groups is 1. The maximum absolute atomic E-state index is 12.6. The Bertz CT molecular complexity index is 879. The SMILES string of the molecule is CN=C(NCC(c1cccs1)N(C)C)N1CCN(S(=O)(=O)Cc2ccon2)CC1.I. The highest BCUT2D eigenvalue weighted by Gasteiger charge is 2.29. The van der Waals surface area contributed by atoms with Gasteiger partial charge in [0.1, 0.15) is 12.0 Å². The van der Waals surface area contributed by atoms with Gasteiger partial charge in [-0.2, -0.15) is 4.31 Å². The summed E-state index contributed by atoms with van der Waals surface area (Å²) in [4.78, 5) is 9.97. The lowest BCUT2D eigenvalue weighted by Crippen LogP contribution is -2.54. The zero-order chi connectivity index (χ0) is 20.9. The lowest BCUT2D eigenvalue weighted by molar-refractivity contribution is 0.254. The second-order valence-electron chi connectivity index (χ2n) is 7.06. The van der Waals surface area contributed by atoms with E-state index in [0.717, 1.165) is 12.5 Å².